The molecule has 3 rings (SSSR count). The highest BCUT2D eigenvalue weighted by Crippen LogP contribution is 2.25. The average Bonchev–Trinajstić information content (AvgIpc) is 2.83. The Labute approximate surface area is 193 Å². The van der Waals surface area contributed by atoms with Crippen LogP contribution in [0.15, 0.2) is 78.9 Å². The fourth-order valence-corrected chi connectivity index (χ4v) is 3.41. The van der Waals surface area contributed by atoms with E-state index in [-0.39, 0.29) is 18.4 Å². The number of anilines is 2. The van der Waals surface area contributed by atoms with Gasteiger partial charge in [0.25, 0.3) is 5.91 Å². The van der Waals surface area contributed by atoms with Crippen molar-refractivity contribution in [1.29, 1.82) is 0 Å². The van der Waals surface area contributed by atoms with E-state index in [0.717, 1.165) is 5.56 Å². The van der Waals surface area contributed by atoms with Gasteiger partial charge in [0.2, 0.25) is 5.91 Å². The zero-order chi connectivity index (χ0) is 23.6. The zero-order valence-electron chi connectivity index (χ0n) is 18.2. The first-order valence-corrected chi connectivity index (χ1v) is 10.7. The molecule has 8 nitrogen and oxygen atoms in total. The predicted molar refractivity (Wildman–Crippen MR) is 129 cm³/mol. The van der Waals surface area contributed by atoms with Gasteiger partial charge in [-0.15, -0.1) is 0 Å². The third kappa shape index (κ3) is 6.80. The number of ether oxygens (including phenoxy) is 1. The molecule has 0 spiro atoms. The summed E-state index contributed by atoms with van der Waals surface area (Å²) in [5.41, 5.74) is 20.2. The molecule has 0 radical (unpaired) electrons. The third-order valence-electron chi connectivity index (χ3n) is 5.09. The first-order valence-electron chi connectivity index (χ1n) is 10.7. The molecule has 3 aromatic rings. The van der Waals surface area contributed by atoms with Crippen molar-refractivity contribution >= 4 is 23.2 Å². The molecule has 0 fully saturated rings. The molecule has 33 heavy (non-hydrogen) atoms. The molecule has 172 valence electrons. The number of benzene rings is 3. The van der Waals surface area contributed by atoms with Gasteiger partial charge in [0, 0.05) is 16.9 Å². The van der Waals surface area contributed by atoms with Crippen LogP contribution in [0, 0.1) is 0 Å². The summed E-state index contributed by atoms with van der Waals surface area (Å²) in [6.07, 6.45) is -0.364. The van der Waals surface area contributed by atoms with E-state index in [0.29, 0.717) is 35.7 Å². The Hall–Kier alpha value is -3.88. The number of para-hydroxylation sites is 1. The Balaban J connectivity index is 1.65. The molecule has 2 unspecified atom stereocenters. The summed E-state index contributed by atoms with van der Waals surface area (Å²) < 4.78 is 5.44. The second kappa shape index (κ2) is 11.7. The molecule has 8 N–H and O–H groups in total. The summed E-state index contributed by atoms with van der Waals surface area (Å²) in [5, 5.41) is 5.57. The molecule has 0 aliphatic rings. The van der Waals surface area contributed by atoms with Crippen molar-refractivity contribution in [2.75, 3.05) is 24.2 Å². The van der Waals surface area contributed by atoms with Crippen LogP contribution < -0.4 is 32.6 Å². The van der Waals surface area contributed by atoms with Crippen LogP contribution in [-0.4, -0.2) is 25.0 Å². The Morgan fingerprint density at radius 1 is 0.939 bits per heavy atom. The second-order valence-electron chi connectivity index (χ2n) is 7.52. The van der Waals surface area contributed by atoms with Gasteiger partial charge in [-0.3, -0.25) is 9.59 Å². The smallest absolute Gasteiger partial charge is 0.259 e. The van der Waals surface area contributed by atoms with E-state index in [4.69, 9.17) is 21.9 Å². The second-order valence-corrected chi connectivity index (χ2v) is 7.52. The van der Waals surface area contributed by atoms with Gasteiger partial charge in [0.15, 0.2) is 6.61 Å². The Morgan fingerprint density at radius 2 is 1.61 bits per heavy atom. The molecule has 0 saturated heterocycles. The summed E-state index contributed by atoms with van der Waals surface area (Å²) in [7, 11) is 0. The summed E-state index contributed by atoms with van der Waals surface area (Å²) in [4.78, 5) is 25.2. The quantitative estimate of drug-likeness (QED) is 0.238. The minimum absolute atomic E-state index is 0.184. The van der Waals surface area contributed by atoms with Crippen molar-refractivity contribution in [3.8, 4) is 5.75 Å². The summed E-state index contributed by atoms with van der Waals surface area (Å²) in [6, 6.07) is 23.4. The van der Waals surface area contributed by atoms with Crippen LogP contribution in [0.5, 0.6) is 5.75 Å². The molecule has 0 aromatic heterocycles. The molecule has 0 bridgehead atoms. The van der Waals surface area contributed by atoms with Crippen LogP contribution in [0.2, 0.25) is 0 Å². The van der Waals surface area contributed by atoms with Crippen molar-refractivity contribution < 1.29 is 14.3 Å². The van der Waals surface area contributed by atoms with E-state index in [9.17, 15) is 9.59 Å². The number of rotatable bonds is 10. The lowest BCUT2D eigenvalue weighted by Gasteiger charge is -2.20. The fraction of sp³-hybridized carbons (Fsp3) is 0.200. The standard InChI is InChI=1S/C25H29N5O3/c26-14-13-20(17-7-3-1-4-8-17)25(32)29-18-11-12-22(27)21(15-18)24(28)30-23(31)16-33-19-9-5-2-6-10-19/h1-12,15,20,24H,13-14,16,26-28H2,(H,29,32)(H,30,31). The Morgan fingerprint density at radius 3 is 2.27 bits per heavy atom. The molecule has 0 aliphatic carbocycles. The van der Waals surface area contributed by atoms with Crippen LogP contribution in [0.1, 0.15) is 29.6 Å². The van der Waals surface area contributed by atoms with Gasteiger partial charge < -0.3 is 32.6 Å². The lowest BCUT2D eigenvalue weighted by molar-refractivity contribution is -0.123. The first-order chi connectivity index (χ1) is 16.0. The van der Waals surface area contributed by atoms with Gasteiger partial charge in [0.05, 0.1) is 5.92 Å². The lowest BCUT2D eigenvalue weighted by Crippen LogP contribution is -2.37. The number of nitrogens with two attached hydrogens (primary N) is 3. The highest BCUT2D eigenvalue weighted by atomic mass is 16.5. The van der Waals surface area contributed by atoms with Crippen LogP contribution in [0.3, 0.4) is 0 Å². The number of hydrogen-bond donors (Lipinski definition) is 5. The van der Waals surface area contributed by atoms with Crippen LogP contribution in [-0.2, 0) is 9.59 Å². The number of nitrogen functional groups attached to an aromatic ring is 1. The largest absolute Gasteiger partial charge is 0.484 e. The normalized spacial score (nSPS) is 12.4. The van der Waals surface area contributed by atoms with Crippen LogP contribution >= 0.6 is 0 Å². The van der Waals surface area contributed by atoms with Crippen LogP contribution in [0.25, 0.3) is 0 Å². The van der Waals surface area contributed by atoms with Gasteiger partial charge in [-0.25, -0.2) is 0 Å². The van der Waals surface area contributed by atoms with Gasteiger partial charge in [-0.05, 0) is 48.9 Å². The van der Waals surface area contributed by atoms with Gasteiger partial charge in [-0.2, -0.15) is 0 Å². The SMILES string of the molecule is NCCC(C(=O)Nc1ccc(N)c(C(N)NC(=O)COc2ccccc2)c1)c1ccccc1. The van der Waals surface area contributed by atoms with Crippen molar-refractivity contribution in [1.82, 2.24) is 5.32 Å². The topological polar surface area (TPSA) is 145 Å². The van der Waals surface area contributed by atoms with E-state index in [1.165, 1.54) is 0 Å². The molecule has 2 atom stereocenters. The molecule has 0 heterocycles. The van der Waals surface area contributed by atoms with Crippen LogP contribution in [0.4, 0.5) is 11.4 Å². The maximum Gasteiger partial charge on any atom is 0.259 e. The van der Waals surface area contributed by atoms with E-state index >= 15 is 0 Å². The first kappa shape index (κ1) is 23.8. The summed E-state index contributed by atoms with van der Waals surface area (Å²) in [5.74, 6) is -0.389. The van der Waals surface area contributed by atoms with Gasteiger partial charge in [-0.1, -0.05) is 48.5 Å². The summed E-state index contributed by atoms with van der Waals surface area (Å²) in [6.45, 7) is 0.188. The van der Waals surface area contributed by atoms with Crippen molar-refractivity contribution in [2.45, 2.75) is 18.5 Å². The fourth-order valence-electron chi connectivity index (χ4n) is 3.41. The minimum atomic E-state index is -0.873. The maximum absolute atomic E-state index is 13.0. The highest BCUT2D eigenvalue weighted by Gasteiger charge is 2.21. The highest BCUT2D eigenvalue weighted by molar-refractivity contribution is 5.96. The van der Waals surface area contributed by atoms with Crippen molar-refractivity contribution in [3.63, 3.8) is 0 Å². The summed E-state index contributed by atoms with van der Waals surface area (Å²) >= 11 is 0. The van der Waals surface area contributed by atoms with Crippen molar-refractivity contribution in [2.24, 2.45) is 11.5 Å². The lowest BCUT2D eigenvalue weighted by atomic mass is 9.94. The van der Waals surface area contributed by atoms with Gasteiger partial charge in [0.1, 0.15) is 11.9 Å². The Bertz CT molecular complexity index is 1060. The number of hydrogen-bond acceptors (Lipinski definition) is 6. The minimum Gasteiger partial charge on any atom is -0.484 e. The Kier molecular flexibility index (Phi) is 8.40. The number of nitrogens with one attached hydrogen (secondary N) is 2. The van der Waals surface area contributed by atoms with E-state index in [1.807, 2.05) is 48.5 Å². The van der Waals surface area contributed by atoms with E-state index < -0.39 is 12.1 Å². The van der Waals surface area contributed by atoms with Gasteiger partial charge >= 0.3 is 0 Å². The maximum atomic E-state index is 13.0. The molecular weight excluding hydrogens is 418 g/mol. The van der Waals surface area contributed by atoms with E-state index in [1.54, 1.807) is 30.3 Å². The monoisotopic (exact) mass is 447 g/mol. The average molecular weight is 448 g/mol. The molecule has 8 heteroatoms. The molecule has 0 aliphatic heterocycles. The molecule has 3 aromatic carbocycles. The molecule has 0 saturated carbocycles. The third-order valence-corrected chi connectivity index (χ3v) is 5.09. The zero-order valence-corrected chi connectivity index (χ0v) is 18.2. The predicted octanol–water partition coefficient (Wildman–Crippen LogP) is 2.49. The number of carbonyl (C=O) groups is 2. The van der Waals surface area contributed by atoms with Crippen molar-refractivity contribution in [3.05, 3.63) is 90.0 Å². The number of carbonyl (C=O) groups excluding carboxylic acids is 2. The molecule has 2 amide bonds. The molecular formula is C25H29N5O3. The van der Waals surface area contributed by atoms with E-state index in [2.05, 4.69) is 10.6 Å². The number of amides is 2.